The number of hydrogen-bond donors (Lipinski definition) is 0. The summed E-state index contributed by atoms with van der Waals surface area (Å²) < 4.78 is 64.6. The molecule has 2 aliphatic rings. The normalized spacial score (nSPS) is 31.8. The summed E-state index contributed by atoms with van der Waals surface area (Å²) in [6.45, 7) is -0.338. The molecule has 0 saturated carbocycles. The Bertz CT molecular complexity index is 447. The van der Waals surface area contributed by atoms with E-state index >= 15 is 0 Å². The molecule has 2 unspecified atom stereocenters. The van der Waals surface area contributed by atoms with Crippen molar-refractivity contribution < 1.29 is 31.1 Å². The summed E-state index contributed by atoms with van der Waals surface area (Å²) in [7, 11) is -3.29. The van der Waals surface area contributed by atoms with Gasteiger partial charge in [0, 0.05) is 6.54 Å². The summed E-state index contributed by atoms with van der Waals surface area (Å²) in [4.78, 5) is 12.5. The van der Waals surface area contributed by atoms with Crippen LogP contribution in [0.3, 0.4) is 0 Å². The molecule has 2 rings (SSSR count). The van der Waals surface area contributed by atoms with E-state index in [0.717, 1.165) is 0 Å². The number of rotatable bonds is 1. The summed E-state index contributed by atoms with van der Waals surface area (Å²) in [6, 6.07) is 0. The van der Waals surface area contributed by atoms with Crippen LogP contribution in [0.15, 0.2) is 0 Å². The lowest BCUT2D eigenvalue weighted by atomic mass is 10.1. The highest BCUT2D eigenvalue weighted by Gasteiger charge is 2.51. The van der Waals surface area contributed by atoms with E-state index in [1.165, 1.54) is 0 Å². The van der Waals surface area contributed by atoms with Gasteiger partial charge in [-0.05, 0) is 6.42 Å². The molecule has 9 heteroatoms. The maximum absolute atomic E-state index is 12.6. The summed E-state index contributed by atoms with van der Waals surface area (Å²) >= 11 is 0. The Hall–Kier alpha value is -0.830. The third-order valence-corrected chi connectivity index (χ3v) is 4.80. The third-order valence-electron chi connectivity index (χ3n) is 3.04. The van der Waals surface area contributed by atoms with Gasteiger partial charge >= 0.3 is 6.18 Å². The number of hydrogen-bond acceptors (Lipinski definition) is 4. The molecule has 5 nitrogen and oxygen atoms in total. The van der Waals surface area contributed by atoms with Gasteiger partial charge in [-0.1, -0.05) is 0 Å². The third kappa shape index (κ3) is 2.61. The zero-order valence-corrected chi connectivity index (χ0v) is 10.1. The maximum atomic E-state index is 12.6. The Morgan fingerprint density at radius 2 is 2.00 bits per heavy atom. The van der Waals surface area contributed by atoms with Gasteiger partial charge in [0.2, 0.25) is 12.1 Å². The first kappa shape index (κ1) is 13.6. The number of carbonyl (C=O) groups excluding carboxylic acids is 1. The van der Waals surface area contributed by atoms with Crippen LogP contribution in [0.1, 0.15) is 6.42 Å². The fourth-order valence-corrected chi connectivity index (χ4v) is 3.92. The van der Waals surface area contributed by atoms with Crippen LogP contribution in [-0.4, -0.2) is 56.3 Å². The standard InChI is InChI=1S/C9H12F3NO4S/c10-9(11,12)8-13(2-3-17-8)7(14)6-1-4-18(15,16)5-6/h6,8H,1-5H2. The van der Waals surface area contributed by atoms with E-state index in [1.54, 1.807) is 0 Å². The number of halogens is 3. The van der Waals surface area contributed by atoms with Crippen LogP contribution in [0.2, 0.25) is 0 Å². The summed E-state index contributed by atoms with van der Waals surface area (Å²) in [5.41, 5.74) is 0. The maximum Gasteiger partial charge on any atom is 0.433 e. The molecular formula is C9H12F3NO4S. The number of ether oxygens (including phenoxy) is 1. The van der Waals surface area contributed by atoms with Crippen molar-refractivity contribution in [1.82, 2.24) is 4.90 Å². The van der Waals surface area contributed by atoms with E-state index in [9.17, 15) is 26.4 Å². The molecule has 0 bridgehead atoms. The highest BCUT2D eigenvalue weighted by Crippen LogP contribution is 2.31. The second kappa shape index (κ2) is 4.37. The Kier molecular flexibility index (Phi) is 3.30. The Labute approximate surface area is 102 Å². The molecule has 0 aromatic rings. The monoisotopic (exact) mass is 287 g/mol. The van der Waals surface area contributed by atoms with Crippen molar-refractivity contribution >= 4 is 15.7 Å². The van der Waals surface area contributed by atoms with Crippen molar-refractivity contribution in [1.29, 1.82) is 0 Å². The van der Waals surface area contributed by atoms with Crippen molar-refractivity contribution in [3.8, 4) is 0 Å². The molecule has 0 aliphatic carbocycles. The number of carbonyl (C=O) groups is 1. The van der Waals surface area contributed by atoms with Crippen molar-refractivity contribution in [3.63, 3.8) is 0 Å². The summed E-state index contributed by atoms with van der Waals surface area (Å²) in [6.07, 6.45) is -6.81. The first-order valence-electron chi connectivity index (χ1n) is 5.40. The Balaban J connectivity index is 2.10. The first-order valence-corrected chi connectivity index (χ1v) is 7.22. The van der Waals surface area contributed by atoms with Crippen molar-refractivity contribution in [2.75, 3.05) is 24.7 Å². The van der Waals surface area contributed by atoms with Crippen LogP contribution < -0.4 is 0 Å². The van der Waals surface area contributed by atoms with E-state index in [4.69, 9.17) is 0 Å². The Morgan fingerprint density at radius 3 is 2.50 bits per heavy atom. The van der Waals surface area contributed by atoms with E-state index in [1.807, 2.05) is 0 Å². The average molecular weight is 287 g/mol. The van der Waals surface area contributed by atoms with Crippen LogP contribution in [0.4, 0.5) is 13.2 Å². The second-order valence-electron chi connectivity index (χ2n) is 4.40. The lowest BCUT2D eigenvalue weighted by Gasteiger charge is -2.26. The molecule has 0 aromatic heterocycles. The van der Waals surface area contributed by atoms with Gasteiger partial charge in [0.1, 0.15) is 0 Å². The first-order chi connectivity index (χ1) is 8.21. The van der Waals surface area contributed by atoms with E-state index < -0.39 is 34.1 Å². The molecule has 2 saturated heterocycles. The largest absolute Gasteiger partial charge is 0.433 e. The fourth-order valence-electron chi connectivity index (χ4n) is 2.19. The molecule has 2 fully saturated rings. The van der Waals surface area contributed by atoms with Crippen LogP contribution in [0.5, 0.6) is 0 Å². The van der Waals surface area contributed by atoms with Gasteiger partial charge in [-0.3, -0.25) is 4.79 Å². The lowest BCUT2D eigenvalue weighted by Crippen LogP contribution is -2.47. The average Bonchev–Trinajstić information content (AvgIpc) is 2.81. The quantitative estimate of drug-likeness (QED) is 0.689. The molecule has 18 heavy (non-hydrogen) atoms. The van der Waals surface area contributed by atoms with E-state index in [0.29, 0.717) is 4.90 Å². The predicted molar refractivity (Wildman–Crippen MR) is 54.3 cm³/mol. The van der Waals surface area contributed by atoms with Crippen LogP contribution in [-0.2, 0) is 19.4 Å². The van der Waals surface area contributed by atoms with Crippen LogP contribution in [0.25, 0.3) is 0 Å². The van der Waals surface area contributed by atoms with Crippen molar-refractivity contribution in [3.05, 3.63) is 0 Å². The zero-order valence-electron chi connectivity index (χ0n) is 9.31. The molecule has 2 aliphatic heterocycles. The SMILES string of the molecule is O=C(C1CCS(=O)(=O)C1)N1CCOC1C(F)(F)F. The summed E-state index contributed by atoms with van der Waals surface area (Å²) in [5, 5.41) is 0. The second-order valence-corrected chi connectivity index (χ2v) is 6.63. The molecule has 104 valence electrons. The van der Waals surface area contributed by atoms with Crippen LogP contribution in [0, 0.1) is 5.92 Å². The van der Waals surface area contributed by atoms with Gasteiger partial charge in [0.05, 0.1) is 24.0 Å². The van der Waals surface area contributed by atoms with Crippen LogP contribution >= 0.6 is 0 Å². The fraction of sp³-hybridized carbons (Fsp3) is 0.889. The Morgan fingerprint density at radius 1 is 1.33 bits per heavy atom. The molecule has 0 spiro atoms. The highest BCUT2D eigenvalue weighted by atomic mass is 32.2. The zero-order chi connectivity index (χ0) is 13.6. The smallest absolute Gasteiger partial charge is 0.348 e. The van der Waals surface area contributed by atoms with E-state index in [2.05, 4.69) is 4.74 Å². The van der Waals surface area contributed by atoms with Gasteiger partial charge in [-0.15, -0.1) is 0 Å². The summed E-state index contributed by atoms with van der Waals surface area (Å²) in [5.74, 6) is -2.17. The molecule has 0 radical (unpaired) electrons. The van der Waals surface area contributed by atoms with Crippen molar-refractivity contribution in [2.24, 2.45) is 5.92 Å². The minimum absolute atomic E-state index is 0.0856. The highest BCUT2D eigenvalue weighted by molar-refractivity contribution is 7.91. The van der Waals surface area contributed by atoms with Gasteiger partial charge in [0.25, 0.3) is 0 Å². The number of alkyl halides is 3. The van der Waals surface area contributed by atoms with Gasteiger partial charge < -0.3 is 9.64 Å². The topological polar surface area (TPSA) is 63.7 Å². The van der Waals surface area contributed by atoms with Gasteiger partial charge in [-0.2, -0.15) is 13.2 Å². The minimum atomic E-state index is -4.65. The molecule has 0 N–H and O–H groups in total. The van der Waals surface area contributed by atoms with Crippen molar-refractivity contribution in [2.45, 2.75) is 18.8 Å². The molecule has 0 aromatic carbocycles. The van der Waals surface area contributed by atoms with Gasteiger partial charge in [0.15, 0.2) is 9.84 Å². The molecule has 2 atom stereocenters. The number of amides is 1. The van der Waals surface area contributed by atoms with E-state index in [-0.39, 0.29) is 31.1 Å². The molecule has 1 amide bonds. The predicted octanol–water partition coefficient (Wildman–Crippen LogP) is 0.168. The minimum Gasteiger partial charge on any atom is -0.348 e. The number of nitrogens with zero attached hydrogens (tertiary/aromatic N) is 1. The number of sulfone groups is 1. The molecular weight excluding hydrogens is 275 g/mol. The lowest BCUT2D eigenvalue weighted by molar-refractivity contribution is -0.239. The molecule has 2 heterocycles. The van der Waals surface area contributed by atoms with Gasteiger partial charge in [-0.25, -0.2) is 8.42 Å².